The maximum Gasteiger partial charge on any atom is 0.187 e. The van der Waals surface area contributed by atoms with Crippen LogP contribution in [0.4, 0.5) is 4.39 Å². The molecule has 1 atom stereocenters. The maximum absolute atomic E-state index is 13.7. The quantitative estimate of drug-likeness (QED) is 0.786. The summed E-state index contributed by atoms with van der Waals surface area (Å²) in [6.07, 6.45) is 0. The molecule has 0 aliphatic heterocycles. The van der Waals surface area contributed by atoms with Gasteiger partial charge in [0.25, 0.3) is 0 Å². The first-order valence-electron chi connectivity index (χ1n) is 6.58. The maximum atomic E-state index is 13.7. The zero-order valence-electron chi connectivity index (χ0n) is 11.5. The Bertz CT molecular complexity index is 674. The highest BCUT2D eigenvalue weighted by Crippen LogP contribution is 2.24. The number of hydrogen-bond acceptors (Lipinski definition) is 3. The average Bonchev–Trinajstić information content (AvgIpc) is 2.50. The van der Waals surface area contributed by atoms with Crippen molar-refractivity contribution in [2.24, 2.45) is 0 Å². The normalized spacial score (nSPS) is 11.5. The molecule has 0 fully saturated rings. The van der Waals surface area contributed by atoms with E-state index in [-0.39, 0.29) is 5.56 Å². The zero-order valence-corrected chi connectivity index (χ0v) is 11.5. The number of ether oxygens (including phenoxy) is 1. The summed E-state index contributed by atoms with van der Waals surface area (Å²) in [5.74, 6) is -1.53. The number of rotatable bonds is 5. The van der Waals surface area contributed by atoms with E-state index >= 15 is 0 Å². The summed E-state index contributed by atoms with van der Waals surface area (Å²) < 4.78 is 19.0. The third-order valence-corrected chi connectivity index (χ3v) is 3.06. The van der Waals surface area contributed by atoms with Crippen LogP contribution >= 0.6 is 0 Å². The second kappa shape index (κ2) is 6.67. The molecule has 0 saturated carbocycles. The molecule has 0 spiro atoms. The molecule has 1 unspecified atom stereocenters. The van der Waals surface area contributed by atoms with Crippen molar-refractivity contribution in [3.05, 3.63) is 65.5 Å². The summed E-state index contributed by atoms with van der Waals surface area (Å²) >= 11 is 0. The third-order valence-electron chi connectivity index (χ3n) is 3.06. The Balaban J connectivity index is 2.30. The SMILES string of the molecule is CCOc1ccc(C(C#N)C(=O)c2ccccc2F)cc1. The molecule has 106 valence electrons. The third kappa shape index (κ3) is 3.26. The van der Waals surface area contributed by atoms with Crippen molar-refractivity contribution in [2.75, 3.05) is 6.61 Å². The van der Waals surface area contributed by atoms with Crippen LogP contribution in [0.2, 0.25) is 0 Å². The van der Waals surface area contributed by atoms with Crippen LogP contribution in [0.3, 0.4) is 0 Å². The first-order chi connectivity index (χ1) is 10.2. The molecule has 0 N–H and O–H groups in total. The van der Waals surface area contributed by atoms with Crippen LogP contribution in [0.15, 0.2) is 48.5 Å². The number of nitrogens with zero attached hydrogens (tertiary/aromatic N) is 1. The van der Waals surface area contributed by atoms with Crippen LogP contribution in [0.1, 0.15) is 28.8 Å². The smallest absolute Gasteiger partial charge is 0.187 e. The fourth-order valence-corrected chi connectivity index (χ4v) is 2.02. The van der Waals surface area contributed by atoms with Crippen molar-refractivity contribution in [3.63, 3.8) is 0 Å². The Morgan fingerprint density at radius 2 is 1.90 bits per heavy atom. The second-order valence-electron chi connectivity index (χ2n) is 4.41. The molecule has 0 radical (unpaired) electrons. The van der Waals surface area contributed by atoms with Gasteiger partial charge < -0.3 is 4.74 Å². The van der Waals surface area contributed by atoms with Gasteiger partial charge in [-0.25, -0.2) is 4.39 Å². The summed E-state index contributed by atoms with van der Waals surface area (Å²) in [4.78, 5) is 12.3. The highest BCUT2D eigenvalue weighted by Gasteiger charge is 2.24. The topological polar surface area (TPSA) is 50.1 Å². The van der Waals surface area contributed by atoms with E-state index in [1.807, 2.05) is 13.0 Å². The lowest BCUT2D eigenvalue weighted by Crippen LogP contribution is -2.13. The molecule has 0 amide bonds. The van der Waals surface area contributed by atoms with Crippen LogP contribution in [0, 0.1) is 17.1 Å². The second-order valence-corrected chi connectivity index (χ2v) is 4.41. The summed E-state index contributed by atoms with van der Waals surface area (Å²) in [5, 5.41) is 9.25. The van der Waals surface area contributed by atoms with E-state index in [4.69, 9.17) is 4.74 Å². The molecule has 3 nitrogen and oxygen atoms in total. The predicted octanol–water partition coefficient (Wildman–Crippen LogP) is 3.71. The van der Waals surface area contributed by atoms with Gasteiger partial charge in [0.05, 0.1) is 18.2 Å². The van der Waals surface area contributed by atoms with Crippen molar-refractivity contribution in [2.45, 2.75) is 12.8 Å². The van der Waals surface area contributed by atoms with Crippen LogP contribution in [0.25, 0.3) is 0 Å². The molecule has 0 heterocycles. The number of halogens is 1. The molecule has 4 heteroatoms. The molecular formula is C17H14FNO2. The molecule has 0 aliphatic carbocycles. The average molecular weight is 283 g/mol. The van der Waals surface area contributed by atoms with Crippen molar-refractivity contribution < 1.29 is 13.9 Å². The fourth-order valence-electron chi connectivity index (χ4n) is 2.02. The first-order valence-corrected chi connectivity index (χ1v) is 6.58. The number of carbonyl (C=O) groups excluding carboxylic acids is 1. The molecular weight excluding hydrogens is 269 g/mol. The van der Waals surface area contributed by atoms with Gasteiger partial charge in [0.1, 0.15) is 17.5 Å². The van der Waals surface area contributed by atoms with Crippen LogP contribution in [-0.4, -0.2) is 12.4 Å². The van der Waals surface area contributed by atoms with E-state index in [9.17, 15) is 14.4 Å². The standard InChI is InChI=1S/C17H14FNO2/c1-2-21-13-9-7-12(8-10-13)15(11-19)17(20)14-5-3-4-6-16(14)18/h3-10,15H,2H2,1H3. The lowest BCUT2D eigenvalue weighted by atomic mass is 9.91. The molecule has 21 heavy (non-hydrogen) atoms. The molecule has 0 bridgehead atoms. The van der Waals surface area contributed by atoms with Crippen molar-refractivity contribution >= 4 is 5.78 Å². The van der Waals surface area contributed by atoms with Crippen LogP contribution in [0.5, 0.6) is 5.75 Å². The van der Waals surface area contributed by atoms with Crippen molar-refractivity contribution in [3.8, 4) is 11.8 Å². The monoisotopic (exact) mass is 283 g/mol. The highest BCUT2D eigenvalue weighted by molar-refractivity contribution is 6.02. The summed E-state index contributed by atoms with van der Waals surface area (Å²) in [5.41, 5.74) is 0.451. The number of ketones is 1. The van der Waals surface area contributed by atoms with Gasteiger partial charge in [0.2, 0.25) is 0 Å². The number of benzene rings is 2. The van der Waals surface area contributed by atoms with E-state index in [2.05, 4.69) is 0 Å². The molecule has 0 aliphatic rings. The minimum Gasteiger partial charge on any atom is -0.494 e. The Hall–Kier alpha value is -2.67. The lowest BCUT2D eigenvalue weighted by Gasteiger charge is -2.10. The van der Waals surface area contributed by atoms with E-state index in [0.29, 0.717) is 17.9 Å². The van der Waals surface area contributed by atoms with Crippen LogP contribution < -0.4 is 4.74 Å². The van der Waals surface area contributed by atoms with Gasteiger partial charge in [-0.1, -0.05) is 24.3 Å². The van der Waals surface area contributed by atoms with Crippen molar-refractivity contribution in [1.82, 2.24) is 0 Å². The largest absolute Gasteiger partial charge is 0.494 e. The van der Waals surface area contributed by atoms with Gasteiger partial charge in [0.15, 0.2) is 5.78 Å². The Morgan fingerprint density at radius 1 is 1.24 bits per heavy atom. The summed E-state index contributed by atoms with van der Waals surface area (Å²) in [7, 11) is 0. The van der Waals surface area contributed by atoms with E-state index in [1.165, 1.54) is 18.2 Å². The van der Waals surface area contributed by atoms with Gasteiger partial charge in [0, 0.05) is 0 Å². The fraction of sp³-hybridized carbons (Fsp3) is 0.176. The number of nitriles is 1. The number of carbonyl (C=O) groups is 1. The van der Waals surface area contributed by atoms with Gasteiger partial charge in [-0.15, -0.1) is 0 Å². The van der Waals surface area contributed by atoms with Gasteiger partial charge >= 0.3 is 0 Å². The highest BCUT2D eigenvalue weighted by atomic mass is 19.1. The van der Waals surface area contributed by atoms with E-state index < -0.39 is 17.5 Å². The first kappa shape index (κ1) is 14.7. The number of Topliss-reactive ketones (excluding diaryl/α,β-unsaturated/α-hetero) is 1. The van der Waals surface area contributed by atoms with E-state index in [1.54, 1.807) is 30.3 Å². The molecule has 2 aromatic carbocycles. The number of hydrogen-bond donors (Lipinski definition) is 0. The molecule has 0 saturated heterocycles. The summed E-state index contributed by atoms with van der Waals surface area (Å²) in [6.45, 7) is 2.41. The lowest BCUT2D eigenvalue weighted by molar-refractivity contribution is 0.0975. The zero-order chi connectivity index (χ0) is 15.2. The van der Waals surface area contributed by atoms with Gasteiger partial charge in [-0.3, -0.25) is 4.79 Å². The van der Waals surface area contributed by atoms with Gasteiger partial charge in [-0.2, -0.15) is 5.26 Å². The molecule has 0 aromatic heterocycles. The minimum atomic E-state index is -1.03. The minimum absolute atomic E-state index is 0.0714. The van der Waals surface area contributed by atoms with Crippen molar-refractivity contribution in [1.29, 1.82) is 5.26 Å². The predicted molar refractivity (Wildman–Crippen MR) is 76.7 cm³/mol. The molecule has 2 aromatic rings. The molecule has 2 rings (SSSR count). The summed E-state index contributed by atoms with van der Waals surface area (Å²) in [6, 6.07) is 14.3. The van der Waals surface area contributed by atoms with Gasteiger partial charge in [-0.05, 0) is 36.8 Å². The Kier molecular flexibility index (Phi) is 4.68. The Labute approximate surface area is 122 Å². The Morgan fingerprint density at radius 3 is 2.48 bits per heavy atom. The van der Waals surface area contributed by atoms with E-state index in [0.717, 1.165) is 0 Å². The van der Waals surface area contributed by atoms with Crippen LogP contribution in [-0.2, 0) is 0 Å².